The summed E-state index contributed by atoms with van der Waals surface area (Å²) in [6, 6.07) is 5.89. The van der Waals surface area contributed by atoms with Crippen molar-refractivity contribution in [3.05, 3.63) is 35.7 Å². The molecule has 2 aromatic rings. The molecule has 2 fully saturated rings. The van der Waals surface area contributed by atoms with Crippen LogP contribution in [0.3, 0.4) is 0 Å². The van der Waals surface area contributed by atoms with Gasteiger partial charge in [-0.25, -0.2) is 4.68 Å². The Morgan fingerprint density at radius 2 is 1.82 bits per heavy atom. The van der Waals surface area contributed by atoms with Crippen molar-refractivity contribution in [2.24, 2.45) is 0 Å². The van der Waals surface area contributed by atoms with E-state index in [2.05, 4.69) is 15.6 Å². The van der Waals surface area contributed by atoms with Crippen LogP contribution in [0.25, 0.3) is 0 Å². The van der Waals surface area contributed by atoms with E-state index in [0.717, 1.165) is 25.1 Å². The van der Waals surface area contributed by atoms with Crippen LogP contribution in [0.5, 0.6) is 5.75 Å². The first-order valence-electron chi connectivity index (χ1n) is 9.70. The van der Waals surface area contributed by atoms with Crippen molar-refractivity contribution < 1.29 is 14.3 Å². The number of carbonyl (C=O) groups is 2. The molecule has 9 nitrogen and oxygen atoms in total. The molecule has 1 aromatic carbocycles. The lowest BCUT2D eigenvalue weighted by molar-refractivity contribution is 0.0532. The number of aromatic nitrogens is 3. The Balaban J connectivity index is 1.21. The zero-order chi connectivity index (χ0) is 19.1. The van der Waals surface area contributed by atoms with Crippen LogP contribution in [-0.4, -0.2) is 75.9 Å². The van der Waals surface area contributed by atoms with E-state index in [1.807, 2.05) is 12.1 Å². The summed E-state index contributed by atoms with van der Waals surface area (Å²) in [4.78, 5) is 29.0. The fourth-order valence-electron chi connectivity index (χ4n) is 3.62. The average molecular weight is 382 g/mol. The molecule has 1 saturated carbocycles. The smallest absolute Gasteiger partial charge is 0.276 e. The normalized spacial score (nSPS) is 18.9. The second kappa shape index (κ2) is 6.81. The van der Waals surface area contributed by atoms with Gasteiger partial charge in [0, 0.05) is 38.3 Å². The van der Waals surface area contributed by atoms with E-state index in [1.54, 1.807) is 26.7 Å². The number of hydrogen-bond donors (Lipinski definition) is 1. The van der Waals surface area contributed by atoms with Crippen molar-refractivity contribution >= 4 is 17.5 Å². The second-order valence-corrected chi connectivity index (χ2v) is 7.39. The zero-order valence-corrected chi connectivity index (χ0v) is 15.5. The highest BCUT2D eigenvalue weighted by molar-refractivity contribution is 5.96. The maximum absolute atomic E-state index is 12.8. The van der Waals surface area contributed by atoms with Crippen LogP contribution in [-0.2, 0) is 0 Å². The predicted molar refractivity (Wildman–Crippen MR) is 101 cm³/mol. The second-order valence-electron chi connectivity index (χ2n) is 7.39. The number of benzene rings is 1. The molecule has 3 aliphatic rings. The fraction of sp³-hybridized carbons (Fsp3) is 0.474. The van der Waals surface area contributed by atoms with Crippen LogP contribution in [0.4, 0.5) is 5.69 Å². The number of ether oxygens (including phenoxy) is 1. The van der Waals surface area contributed by atoms with Gasteiger partial charge in [0.1, 0.15) is 12.4 Å². The summed E-state index contributed by atoms with van der Waals surface area (Å²) in [5.41, 5.74) is 1.90. The molecule has 0 atom stereocenters. The number of amides is 2. The number of nitrogens with one attached hydrogen (secondary N) is 1. The number of rotatable bonds is 3. The van der Waals surface area contributed by atoms with E-state index in [0.29, 0.717) is 55.8 Å². The van der Waals surface area contributed by atoms with E-state index < -0.39 is 0 Å². The summed E-state index contributed by atoms with van der Waals surface area (Å²) in [7, 11) is 0. The average Bonchev–Trinajstić information content (AvgIpc) is 3.49. The van der Waals surface area contributed by atoms with Crippen molar-refractivity contribution in [3.63, 3.8) is 0 Å². The van der Waals surface area contributed by atoms with E-state index in [-0.39, 0.29) is 11.8 Å². The first-order chi connectivity index (χ1) is 13.7. The third-order valence-electron chi connectivity index (χ3n) is 5.41. The Bertz CT molecular complexity index is 914. The number of carbonyl (C=O) groups excluding carboxylic acids is 2. The van der Waals surface area contributed by atoms with Gasteiger partial charge in [0.15, 0.2) is 5.69 Å². The fourth-order valence-corrected chi connectivity index (χ4v) is 3.62. The number of piperazine rings is 1. The topological polar surface area (TPSA) is 92.6 Å². The van der Waals surface area contributed by atoms with Gasteiger partial charge in [-0.3, -0.25) is 9.59 Å². The van der Waals surface area contributed by atoms with Crippen LogP contribution < -0.4 is 10.1 Å². The maximum Gasteiger partial charge on any atom is 0.276 e. The molecule has 3 heterocycles. The molecule has 0 spiro atoms. The number of nitrogens with zero attached hydrogens (tertiary/aromatic N) is 5. The van der Waals surface area contributed by atoms with Gasteiger partial charge >= 0.3 is 0 Å². The molecule has 1 aromatic heterocycles. The summed E-state index contributed by atoms with van der Waals surface area (Å²) < 4.78 is 7.40. The summed E-state index contributed by atoms with van der Waals surface area (Å²) in [6.45, 7) is 3.34. The maximum atomic E-state index is 12.8. The van der Waals surface area contributed by atoms with Crippen molar-refractivity contribution in [2.75, 3.05) is 44.6 Å². The first-order valence-corrected chi connectivity index (χ1v) is 9.70. The molecule has 2 aliphatic heterocycles. The lowest BCUT2D eigenvalue weighted by atomic mass is 10.1. The molecule has 28 heavy (non-hydrogen) atoms. The highest BCUT2D eigenvalue weighted by Crippen LogP contribution is 2.33. The van der Waals surface area contributed by atoms with Crippen molar-refractivity contribution in [1.82, 2.24) is 24.8 Å². The van der Waals surface area contributed by atoms with E-state index >= 15 is 0 Å². The van der Waals surface area contributed by atoms with Gasteiger partial charge in [0.2, 0.25) is 0 Å². The lowest BCUT2D eigenvalue weighted by Crippen LogP contribution is -2.50. The third-order valence-corrected chi connectivity index (χ3v) is 5.41. The first kappa shape index (κ1) is 17.0. The van der Waals surface area contributed by atoms with Crippen molar-refractivity contribution in [3.8, 4) is 5.75 Å². The summed E-state index contributed by atoms with van der Waals surface area (Å²) >= 11 is 0. The monoisotopic (exact) mass is 382 g/mol. The van der Waals surface area contributed by atoms with Gasteiger partial charge in [-0.15, -0.1) is 5.10 Å². The minimum absolute atomic E-state index is 0.0382. The molecule has 0 unspecified atom stereocenters. The molecule has 146 valence electrons. The molecular formula is C19H22N6O3. The summed E-state index contributed by atoms with van der Waals surface area (Å²) in [5.74, 6) is 0.556. The van der Waals surface area contributed by atoms with Gasteiger partial charge < -0.3 is 19.9 Å². The number of hydrogen-bond acceptors (Lipinski definition) is 6. The quantitative estimate of drug-likeness (QED) is 0.852. The van der Waals surface area contributed by atoms with Gasteiger partial charge in [0.25, 0.3) is 11.8 Å². The van der Waals surface area contributed by atoms with Crippen LogP contribution >= 0.6 is 0 Å². The van der Waals surface area contributed by atoms with E-state index in [9.17, 15) is 9.59 Å². The van der Waals surface area contributed by atoms with Crippen LogP contribution in [0.15, 0.2) is 24.4 Å². The van der Waals surface area contributed by atoms with Crippen molar-refractivity contribution in [2.45, 2.75) is 18.9 Å². The minimum atomic E-state index is -0.118. The number of fused-ring (bicyclic) bond motifs is 1. The minimum Gasteiger partial charge on any atom is -0.490 e. The highest BCUT2D eigenvalue weighted by Gasteiger charge is 2.29. The summed E-state index contributed by atoms with van der Waals surface area (Å²) in [6.07, 6.45) is 3.93. The largest absolute Gasteiger partial charge is 0.490 e. The Hall–Kier alpha value is -3.10. The Kier molecular flexibility index (Phi) is 4.14. The standard InChI is InChI=1S/C19H22N6O3/c26-18(13-1-4-15-17(11-13)28-10-5-20-15)23-6-8-24(9-7-23)19(27)16-12-25(22-21-16)14-2-3-14/h1,4,11-12,14,20H,2-3,5-10H2. The van der Waals surface area contributed by atoms with Crippen LogP contribution in [0.1, 0.15) is 39.7 Å². The molecule has 1 N–H and O–H groups in total. The number of anilines is 1. The summed E-state index contributed by atoms with van der Waals surface area (Å²) in [5, 5.41) is 11.3. The Morgan fingerprint density at radius 3 is 2.57 bits per heavy atom. The van der Waals surface area contributed by atoms with Gasteiger partial charge in [-0.2, -0.15) is 0 Å². The molecule has 1 aliphatic carbocycles. The zero-order valence-electron chi connectivity index (χ0n) is 15.5. The molecule has 9 heteroatoms. The van der Waals surface area contributed by atoms with Crippen LogP contribution in [0.2, 0.25) is 0 Å². The molecule has 5 rings (SSSR count). The Morgan fingerprint density at radius 1 is 1.07 bits per heavy atom. The van der Waals surface area contributed by atoms with Crippen LogP contribution in [0, 0.1) is 0 Å². The van der Waals surface area contributed by atoms with Crippen molar-refractivity contribution in [1.29, 1.82) is 0 Å². The molecule has 1 saturated heterocycles. The molecular weight excluding hydrogens is 360 g/mol. The Labute approximate surface area is 162 Å². The SMILES string of the molecule is O=C(c1ccc2c(c1)OCCN2)N1CCN(C(=O)c2cn(C3CC3)nn2)CC1. The molecule has 0 radical (unpaired) electrons. The molecule has 2 amide bonds. The molecule has 0 bridgehead atoms. The lowest BCUT2D eigenvalue weighted by Gasteiger charge is -2.34. The van der Waals surface area contributed by atoms with Gasteiger partial charge in [0.05, 0.1) is 17.9 Å². The van der Waals surface area contributed by atoms with Gasteiger partial charge in [-0.05, 0) is 31.0 Å². The predicted octanol–water partition coefficient (Wildman–Crippen LogP) is 1.02. The highest BCUT2D eigenvalue weighted by atomic mass is 16.5. The van der Waals surface area contributed by atoms with E-state index in [4.69, 9.17) is 4.74 Å². The van der Waals surface area contributed by atoms with E-state index in [1.165, 1.54) is 0 Å². The van der Waals surface area contributed by atoms with Gasteiger partial charge in [-0.1, -0.05) is 5.21 Å². The third kappa shape index (κ3) is 3.17.